The Labute approximate surface area is 206 Å². The molecule has 0 aliphatic heterocycles. The van der Waals surface area contributed by atoms with Gasteiger partial charge in [-0.2, -0.15) is 0 Å². The van der Waals surface area contributed by atoms with Gasteiger partial charge in [-0.05, 0) is 18.9 Å². The molecule has 0 unspecified atom stereocenters. The van der Waals surface area contributed by atoms with Crippen LogP contribution >= 0.6 is 11.8 Å². The van der Waals surface area contributed by atoms with Gasteiger partial charge in [0.1, 0.15) is 11.6 Å². The highest BCUT2D eigenvalue weighted by atomic mass is 32.2. The molecule has 0 aliphatic rings. The van der Waals surface area contributed by atoms with E-state index in [1.54, 1.807) is 13.2 Å². The minimum absolute atomic E-state index is 0.0149. The predicted octanol–water partition coefficient (Wildman–Crippen LogP) is 1.41. The third-order valence-electron chi connectivity index (χ3n) is 5.24. The van der Waals surface area contributed by atoms with Crippen molar-refractivity contribution < 1.29 is 9.53 Å². The van der Waals surface area contributed by atoms with Crippen molar-refractivity contribution in [3.63, 3.8) is 0 Å². The van der Waals surface area contributed by atoms with Crippen LogP contribution in [0.1, 0.15) is 17.8 Å². The number of nitrogens with one attached hydrogen (secondary N) is 1. The number of nitrogen functional groups attached to an aromatic ring is 1. The smallest absolute Gasteiger partial charge is 0.330 e. The van der Waals surface area contributed by atoms with Gasteiger partial charge in [0, 0.05) is 26.8 Å². The van der Waals surface area contributed by atoms with E-state index in [-0.39, 0.29) is 36.3 Å². The van der Waals surface area contributed by atoms with Crippen molar-refractivity contribution in [2.45, 2.75) is 31.6 Å². The number of methoxy groups -OCH3 is 1. The Balaban J connectivity index is 1.93. The maximum absolute atomic E-state index is 13.3. The molecule has 11 nitrogen and oxygen atoms in total. The Morgan fingerprint density at radius 2 is 2.00 bits per heavy atom. The van der Waals surface area contributed by atoms with E-state index >= 15 is 0 Å². The van der Waals surface area contributed by atoms with Crippen molar-refractivity contribution in [1.82, 2.24) is 24.3 Å². The summed E-state index contributed by atoms with van der Waals surface area (Å²) in [5.41, 5.74) is 5.71. The lowest BCUT2D eigenvalue weighted by Crippen LogP contribution is -2.42. The molecule has 0 fully saturated rings. The fourth-order valence-electron chi connectivity index (χ4n) is 3.50. The number of rotatable bonds is 12. The van der Waals surface area contributed by atoms with E-state index < -0.39 is 11.2 Å². The van der Waals surface area contributed by atoms with E-state index in [9.17, 15) is 14.4 Å². The van der Waals surface area contributed by atoms with E-state index in [0.717, 1.165) is 5.56 Å². The van der Waals surface area contributed by atoms with E-state index in [2.05, 4.69) is 21.8 Å². The number of nitrogens with zero attached hydrogens (tertiary/aromatic N) is 5. The molecule has 3 N–H and O–H groups in total. The molecular formula is C23H29N7O4S. The maximum atomic E-state index is 13.3. The molecule has 0 spiro atoms. The second-order valence-corrected chi connectivity index (χ2v) is 8.62. The van der Waals surface area contributed by atoms with Gasteiger partial charge < -0.3 is 19.9 Å². The molecule has 0 radical (unpaired) electrons. The Hall–Kier alpha value is -3.64. The first-order valence-corrected chi connectivity index (χ1v) is 11.9. The number of allylic oxidation sites excluding steroid dienone is 1. The highest BCUT2D eigenvalue weighted by molar-refractivity contribution is 7.99. The lowest BCUT2D eigenvalue weighted by molar-refractivity contribution is -0.116. The molecule has 35 heavy (non-hydrogen) atoms. The van der Waals surface area contributed by atoms with Gasteiger partial charge in [-0.1, -0.05) is 48.2 Å². The summed E-state index contributed by atoms with van der Waals surface area (Å²) in [5.74, 6) is 0.243. The molecular weight excluding hydrogens is 470 g/mol. The molecule has 1 amide bonds. The van der Waals surface area contributed by atoms with Crippen LogP contribution in [0.2, 0.25) is 0 Å². The second-order valence-electron chi connectivity index (χ2n) is 7.67. The highest BCUT2D eigenvalue weighted by Crippen LogP contribution is 2.22. The SMILES string of the molecule is C=CCn1c(C)nnc1SCC(=O)N(CCCOC)c1c(N)n(Cc2ccccc2)c(=O)[nH]c1=O. The van der Waals surface area contributed by atoms with Gasteiger partial charge in [0.25, 0.3) is 5.56 Å². The average Bonchev–Trinajstić information content (AvgIpc) is 3.19. The van der Waals surface area contributed by atoms with Crippen molar-refractivity contribution >= 4 is 29.2 Å². The molecule has 0 atom stereocenters. The number of hydrogen-bond donors (Lipinski definition) is 2. The summed E-state index contributed by atoms with van der Waals surface area (Å²) in [6.07, 6.45) is 2.19. The number of aromatic nitrogens is 5. The standard InChI is InChI=1S/C23H29N7O4S/c1-4-11-28-16(2)26-27-23(28)35-15-18(31)29(12-8-13-34-3)19-20(24)30(22(33)25-21(19)32)14-17-9-6-5-7-10-17/h4-7,9-10H,1,8,11-15,24H2,2-3H3,(H,25,32,33). The van der Waals surface area contributed by atoms with Crippen LogP contribution in [0.3, 0.4) is 0 Å². The third-order valence-corrected chi connectivity index (χ3v) is 6.19. The topological polar surface area (TPSA) is 141 Å². The number of aryl methyl sites for hydroxylation is 1. The van der Waals surface area contributed by atoms with Crippen molar-refractivity contribution in [3.8, 4) is 0 Å². The highest BCUT2D eigenvalue weighted by Gasteiger charge is 2.25. The first-order valence-electron chi connectivity index (χ1n) is 11.0. The number of thioether (sulfide) groups is 1. The number of carbonyl (C=O) groups excluding carboxylic acids is 1. The first kappa shape index (κ1) is 26.0. The van der Waals surface area contributed by atoms with Gasteiger partial charge in [-0.3, -0.25) is 19.1 Å². The predicted molar refractivity (Wildman–Crippen MR) is 136 cm³/mol. The number of H-pyrrole nitrogens is 1. The number of aromatic amines is 1. The summed E-state index contributed by atoms with van der Waals surface area (Å²) in [6.45, 7) is 6.76. The molecule has 0 bridgehead atoms. The minimum Gasteiger partial charge on any atom is -0.385 e. The van der Waals surface area contributed by atoms with E-state index in [1.807, 2.05) is 41.8 Å². The van der Waals surface area contributed by atoms with Crippen LogP contribution < -0.4 is 21.9 Å². The Morgan fingerprint density at radius 1 is 1.26 bits per heavy atom. The van der Waals surface area contributed by atoms with Gasteiger partial charge in [0.2, 0.25) is 5.91 Å². The largest absolute Gasteiger partial charge is 0.385 e. The second kappa shape index (κ2) is 12.2. The molecule has 3 rings (SSSR count). The number of anilines is 2. The van der Waals surface area contributed by atoms with E-state index in [4.69, 9.17) is 10.5 Å². The summed E-state index contributed by atoms with van der Waals surface area (Å²) >= 11 is 1.20. The van der Waals surface area contributed by atoms with Crippen LogP contribution in [0, 0.1) is 6.92 Å². The van der Waals surface area contributed by atoms with Crippen molar-refractivity contribution in [3.05, 3.63) is 75.2 Å². The van der Waals surface area contributed by atoms with Crippen LogP contribution in [-0.2, 0) is 22.6 Å². The number of carbonyl (C=O) groups is 1. The summed E-state index contributed by atoms with van der Waals surface area (Å²) < 4.78 is 8.20. The number of amides is 1. The van der Waals surface area contributed by atoms with Crippen LogP contribution in [0.25, 0.3) is 0 Å². The zero-order valence-corrected chi connectivity index (χ0v) is 20.6. The molecule has 1 aromatic carbocycles. The van der Waals surface area contributed by atoms with Crippen LogP contribution in [0.15, 0.2) is 57.7 Å². The number of benzene rings is 1. The van der Waals surface area contributed by atoms with Gasteiger partial charge in [0.15, 0.2) is 10.8 Å². The van der Waals surface area contributed by atoms with E-state index in [1.165, 1.54) is 21.2 Å². The van der Waals surface area contributed by atoms with Gasteiger partial charge in [0.05, 0.1) is 12.3 Å². The fraction of sp³-hybridized carbons (Fsp3) is 0.348. The van der Waals surface area contributed by atoms with Crippen molar-refractivity contribution in [1.29, 1.82) is 0 Å². The van der Waals surface area contributed by atoms with Crippen molar-refractivity contribution in [2.75, 3.05) is 36.6 Å². The third kappa shape index (κ3) is 6.28. The van der Waals surface area contributed by atoms with Crippen LogP contribution in [0.5, 0.6) is 0 Å². The van der Waals surface area contributed by atoms with Gasteiger partial charge >= 0.3 is 5.69 Å². The number of hydrogen-bond acceptors (Lipinski definition) is 8. The molecule has 3 aromatic rings. The average molecular weight is 500 g/mol. The Kier molecular flexibility index (Phi) is 9.04. The molecule has 186 valence electrons. The summed E-state index contributed by atoms with van der Waals surface area (Å²) in [6, 6.07) is 9.23. The number of nitrogens with two attached hydrogens (primary N) is 1. The first-order chi connectivity index (χ1) is 16.9. The maximum Gasteiger partial charge on any atom is 0.330 e. The molecule has 0 saturated heterocycles. The molecule has 0 saturated carbocycles. The Morgan fingerprint density at radius 3 is 2.69 bits per heavy atom. The summed E-state index contributed by atoms with van der Waals surface area (Å²) in [4.78, 5) is 42.3. The van der Waals surface area contributed by atoms with Crippen molar-refractivity contribution in [2.24, 2.45) is 0 Å². The lowest BCUT2D eigenvalue weighted by Gasteiger charge is -2.24. The molecule has 2 heterocycles. The fourth-order valence-corrected chi connectivity index (χ4v) is 4.37. The molecule has 12 heteroatoms. The quantitative estimate of drug-likeness (QED) is 0.216. The minimum atomic E-state index is -0.724. The van der Waals surface area contributed by atoms with E-state index in [0.29, 0.717) is 30.6 Å². The molecule has 2 aromatic heterocycles. The Bertz CT molecular complexity index is 1280. The monoisotopic (exact) mass is 499 g/mol. The van der Waals surface area contributed by atoms with Gasteiger partial charge in [-0.15, -0.1) is 16.8 Å². The summed E-state index contributed by atoms with van der Waals surface area (Å²) in [7, 11) is 1.55. The van der Waals surface area contributed by atoms with Gasteiger partial charge in [-0.25, -0.2) is 4.79 Å². The van der Waals surface area contributed by atoms with Crippen LogP contribution in [-0.4, -0.2) is 56.2 Å². The summed E-state index contributed by atoms with van der Waals surface area (Å²) in [5, 5.41) is 8.74. The zero-order chi connectivity index (χ0) is 25.4. The normalized spacial score (nSPS) is 10.9. The van der Waals surface area contributed by atoms with Crippen LogP contribution in [0.4, 0.5) is 11.5 Å². The lowest BCUT2D eigenvalue weighted by atomic mass is 10.2. The zero-order valence-electron chi connectivity index (χ0n) is 19.8. The molecule has 0 aliphatic carbocycles. The number of ether oxygens (including phenoxy) is 1.